The van der Waals surface area contributed by atoms with E-state index in [0.29, 0.717) is 17.5 Å². The third kappa shape index (κ3) is 3.87. The van der Waals surface area contributed by atoms with Crippen LogP contribution >= 0.6 is 11.6 Å². The fourth-order valence-electron chi connectivity index (χ4n) is 0.884. The molecule has 0 aliphatic heterocycles. The highest BCUT2D eigenvalue weighted by atomic mass is 35.5. The van der Waals surface area contributed by atoms with Gasteiger partial charge in [0.25, 0.3) is 0 Å². The second-order valence-electron chi connectivity index (χ2n) is 2.73. The van der Waals surface area contributed by atoms with E-state index in [9.17, 15) is 5.11 Å². The molecule has 0 spiro atoms. The number of aliphatic hydroxyl groups excluding tert-OH is 1. The highest BCUT2D eigenvalue weighted by Gasteiger charge is 2.03. The van der Waals surface area contributed by atoms with Crippen molar-refractivity contribution < 1.29 is 9.84 Å². The van der Waals surface area contributed by atoms with Crippen LogP contribution in [-0.4, -0.2) is 41.7 Å². The van der Waals surface area contributed by atoms with Gasteiger partial charge in [0.2, 0.25) is 0 Å². The maximum absolute atomic E-state index is 9.30. The molecular weight excluding hydrogens is 206 g/mol. The molecule has 0 amide bonds. The Hall–Kier alpha value is -0.910. The van der Waals surface area contributed by atoms with E-state index in [1.807, 2.05) is 0 Å². The highest BCUT2D eigenvalue weighted by Crippen LogP contribution is 2.05. The summed E-state index contributed by atoms with van der Waals surface area (Å²) >= 11 is 5.55. The zero-order valence-corrected chi connectivity index (χ0v) is 8.53. The molecule has 1 heterocycles. The van der Waals surface area contributed by atoms with Gasteiger partial charge in [-0.2, -0.15) is 0 Å². The Labute approximate surface area is 87.1 Å². The first-order valence-corrected chi connectivity index (χ1v) is 4.50. The van der Waals surface area contributed by atoms with Crippen molar-refractivity contribution in [1.29, 1.82) is 0 Å². The van der Waals surface area contributed by atoms with Crippen LogP contribution in [0.2, 0.25) is 5.15 Å². The minimum absolute atomic E-state index is 0.286. The Bertz CT molecular complexity index is 268. The molecule has 1 rings (SSSR count). The second kappa shape index (κ2) is 5.74. The molecule has 0 saturated heterocycles. The first-order chi connectivity index (χ1) is 6.72. The van der Waals surface area contributed by atoms with Gasteiger partial charge in [0.1, 0.15) is 5.82 Å². The number of anilines is 1. The van der Waals surface area contributed by atoms with Crippen LogP contribution in [-0.2, 0) is 4.74 Å². The van der Waals surface area contributed by atoms with Crippen molar-refractivity contribution in [2.45, 2.75) is 6.10 Å². The number of nitrogens with one attached hydrogen (secondary N) is 1. The lowest BCUT2D eigenvalue weighted by molar-refractivity contribution is 0.0727. The Morgan fingerprint density at radius 3 is 2.93 bits per heavy atom. The van der Waals surface area contributed by atoms with Crippen molar-refractivity contribution >= 4 is 17.4 Å². The molecule has 0 saturated carbocycles. The number of rotatable bonds is 5. The van der Waals surface area contributed by atoms with E-state index in [2.05, 4.69) is 15.5 Å². The second-order valence-corrected chi connectivity index (χ2v) is 3.12. The zero-order valence-electron chi connectivity index (χ0n) is 7.77. The normalized spacial score (nSPS) is 12.5. The van der Waals surface area contributed by atoms with Gasteiger partial charge in [0, 0.05) is 13.7 Å². The minimum Gasteiger partial charge on any atom is -0.389 e. The molecule has 0 fully saturated rings. The molecule has 0 aromatic carbocycles. The van der Waals surface area contributed by atoms with Gasteiger partial charge in [0.05, 0.1) is 12.7 Å². The summed E-state index contributed by atoms with van der Waals surface area (Å²) in [6.07, 6.45) is -0.558. The van der Waals surface area contributed by atoms with Crippen LogP contribution in [0.15, 0.2) is 12.1 Å². The van der Waals surface area contributed by atoms with Crippen LogP contribution in [0.1, 0.15) is 0 Å². The summed E-state index contributed by atoms with van der Waals surface area (Å²) in [4.78, 5) is 0. The van der Waals surface area contributed by atoms with Gasteiger partial charge in [0.15, 0.2) is 5.15 Å². The van der Waals surface area contributed by atoms with E-state index >= 15 is 0 Å². The Morgan fingerprint density at radius 2 is 2.36 bits per heavy atom. The quantitative estimate of drug-likeness (QED) is 0.754. The van der Waals surface area contributed by atoms with Gasteiger partial charge < -0.3 is 15.2 Å². The van der Waals surface area contributed by atoms with E-state index in [0.717, 1.165) is 0 Å². The molecule has 78 valence electrons. The fraction of sp³-hybridized carbons (Fsp3) is 0.500. The van der Waals surface area contributed by atoms with Crippen molar-refractivity contribution in [1.82, 2.24) is 10.2 Å². The van der Waals surface area contributed by atoms with Gasteiger partial charge in [-0.25, -0.2) is 0 Å². The summed E-state index contributed by atoms with van der Waals surface area (Å²) < 4.78 is 4.76. The summed E-state index contributed by atoms with van der Waals surface area (Å²) in [5.74, 6) is 0.574. The molecule has 1 atom stereocenters. The molecule has 1 unspecified atom stereocenters. The molecule has 1 aromatic heterocycles. The summed E-state index contributed by atoms with van der Waals surface area (Å²) in [5, 5.41) is 19.9. The molecule has 6 heteroatoms. The van der Waals surface area contributed by atoms with E-state index in [1.54, 1.807) is 12.1 Å². The predicted octanol–water partition coefficient (Wildman–Crippen LogP) is 0.549. The van der Waals surface area contributed by atoms with Crippen LogP contribution in [0.4, 0.5) is 5.82 Å². The van der Waals surface area contributed by atoms with Crippen molar-refractivity contribution in [3.63, 3.8) is 0 Å². The third-order valence-electron chi connectivity index (χ3n) is 1.51. The van der Waals surface area contributed by atoms with Gasteiger partial charge in [-0.05, 0) is 12.1 Å². The van der Waals surface area contributed by atoms with E-state index in [4.69, 9.17) is 16.3 Å². The van der Waals surface area contributed by atoms with Gasteiger partial charge >= 0.3 is 0 Å². The monoisotopic (exact) mass is 217 g/mol. The maximum atomic E-state index is 9.30. The minimum atomic E-state index is -0.558. The number of halogens is 1. The first-order valence-electron chi connectivity index (χ1n) is 4.12. The smallest absolute Gasteiger partial charge is 0.151 e. The van der Waals surface area contributed by atoms with Gasteiger partial charge in [-0.15, -0.1) is 10.2 Å². The lowest BCUT2D eigenvalue weighted by atomic mass is 10.4. The molecule has 5 nitrogen and oxygen atoms in total. The van der Waals surface area contributed by atoms with E-state index in [1.165, 1.54) is 7.11 Å². The Morgan fingerprint density at radius 1 is 1.57 bits per heavy atom. The summed E-state index contributed by atoms with van der Waals surface area (Å²) in [6, 6.07) is 3.31. The molecule has 0 bridgehead atoms. The predicted molar refractivity (Wildman–Crippen MR) is 53.4 cm³/mol. The number of ether oxygens (including phenoxy) is 1. The third-order valence-corrected chi connectivity index (χ3v) is 1.71. The highest BCUT2D eigenvalue weighted by molar-refractivity contribution is 6.29. The van der Waals surface area contributed by atoms with Crippen molar-refractivity contribution in [3.8, 4) is 0 Å². The number of methoxy groups -OCH3 is 1. The molecule has 14 heavy (non-hydrogen) atoms. The lowest BCUT2D eigenvalue weighted by Crippen LogP contribution is -2.24. The average molecular weight is 218 g/mol. The van der Waals surface area contributed by atoms with Gasteiger partial charge in [-0.3, -0.25) is 0 Å². The Balaban J connectivity index is 2.34. The molecule has 0 aliphatic carbocycles. The number of hydrogen-bond donors (Lipinski definition) is 2. The van der Waals surface area contributed by atoms with Crippen LogP contribution in [0.25, 0.3) is 0 Å². The van der Waals surface area contributed by atoms with Crippen LogP contribution < -0.4 is 5.32 Å². The standard InChI is InChI=1S/C8H12ClN3O2/c1-14-5-6(13)4-10-8-3-2-7(9)11-12-8/h2-3,6,13H,4-5H2,1H3,(H,10,12). The molecule has 0 radical (unpaired) electrons. The van der Waals surface area contributed by atoms with E-state index < -0.39 is 6.10 Å². The summed E-state index contributed by atoms with van der Waals surface area (Å²) in [6.45, 7) is 0.651. The number of nitrogens with zero attached hydrogens (tertiary/aromatic N) is 2. The lowest BCUT2D eigenvalue weighted by Gasteiger charge is -2.10. The van der Waals surface area contributed by atoms with Gasteiger partial charge in [-0.1, -0.05) is 11.6 Å². The topological polar surface area (TPSA) is 67.3 Å². The average Bonchev–Trinajstić information content (AvgIpc) is 2.17. The zero-order chi connectivity index (χ0) is 10.4. The van der Waals surface area contributed by atoms with Crippen LogP contribution in [0.3, 0.4) is 0 Å². The molecule has 2 N–H and O–H groups in total. The SMILES string of the molecule is COCC(O)CNc1ccc(Cl)nn1. The van der Waals surface area contributed by atoms with Crippen molar-refractivity contribution in [2.75, 3.05) is 25.6 Å². The number of aromatic nitrogens is 2. The fourth-order valence-corrected chi connectivity index (χ4v) is 0.985. The number of hydrogen-bond acceptors (Lipinski definition) is 5. The Kier molecular flexibility index (Phi) is 4.58. The molecular formula is C8H12ClN3O2. The van der Waals surface area contributed by atoms with Crippen molar-refractivity contribution in [3.05, 3.63) is 17.3 Å². The van der Waals surface area contributed by atoms with Crippen molar-refractivity contribution in [2.24, 2.45) is 0 Å². The van der Waals surface area contributed by atoms with Crippen LogP contribution in [0.5, 0.6) is 0 Å². The molecule has 0 aliphatic rings. The van der Waals surface area contributed by atoms with Crippen LogP contribution in [0, 0.1) is 0 Å². The summed E-state index contributed by atoms with van der Waals surface area (Å²) in [7, 11) is 1.53. The largest absolute Gasteiger partial charge is 0.389 e. The maximum Gasteiger partial charge on any atom is 0.151 e. The van der Waals surface area contributed by atoms with E-state index in [-0.39, 0.29) is 6.61 Å². The number of aliphatic hydroxyl groups is 1. The first kappa shape index (κ1) is 11.2. The molecule has 1 aromatic rings. The summed E-state index contributed by atoms with van der Waals surface area (Å²) in [5.41, 5.74) is 0.